The quantitative estimate of drug-likeness (QED) is 0.683. The summed E-state index contributed by atoms with van der Waals surface area (Å²) in [4.78, 5) is 2.34. The van der Waals surface area contributed by atoms with Gasteiger partial charge in [0, 0.05) is 6.54 Å². The molecule has 0 heterocycles. The van der Waals surface area contributed by atoms with E-state index in [1.54, 1.807) is 0 Å². The molecule has 0 aromatic carbocycles. The summed E-state index contributed by atoms with van der Waals surface area (Å²) in [6.45, 7) is 6.37. The Bertz CT molecular complexity index is 179. The molecule has 3 N–H and O–H groups in total. The lowest BCUT2D eigenvalue weighted by molar-refractivity contribution is 0.191. The summed E-state index contributed by atoms with van der Waals surface area (Å²) in [5, 5.41) is 8.92. The van der Waals surface area contributed by atoms with Gasteiger partial charge in [0.2, 0.25) is 0 Å². The van der Waals surface area contributed by atoms with Gasteiger partial charge in [-0.15, -0.1) is 0 Å². The van der Waals surface area contributed by atoms with E-state index >= 15 is 0 Å². The highest BCUT2D eigenvalue weighted by atomic mass is 16.3. The van der Waals surface area contributed by atoms with Crippen LogP contribution in [0.2, 0.25) is 0 Å². The molecule has 0 radical (unpaired) electrons. The molecule has 1 aliphatic rings. The fourth-order valence-electron chi connectivity index (χ4n) is 2.93. The number of likely N-dealkylation sites (N-methyl/N-ethyl adjacent to an activating group) is 1. The van der Waals surface area contributed by atoms with Crippen molar-refractivity contribution in [3.05, 3.63) is 0 Å². The Kier molecular flexibility index (Phi) is 7.82. The predicted molar refractivity (Wildman–Crippen MR) is 72.9 cm³/mol. The summed E-state index contributed by atoms with van der Waals surface area (Å²) < 4.78 is 0. The Morgan fingerprint density at radius 2 is 1.76 bits per heavy atom. The van der Waals surface area contributed by atoms with Crippen molar-refractivity contribution in [2.24, 2.45) is 17.6 Å². The molecular formula is C14H30N2O. The Hall–Kier alpha value is -0.120. The first kappa shape index (κ1) is 14.9. The van der Waals surface area contributed by atoms with Gasteiger partial charge in [-0.1, -0.05) is 19.8 Å². The number of nitrogens with two attached hydrogens (primary N) is 1. The zero-order valence-electron chi connectivity index (χ0n) is 11.4. The van der Waals surface area contributed by atoms with E-state index in [4.69, 9.17) is 10.8 Å². The Labute approximate surface area is 106 Å². The first-order chi connectivity index (χ1) is 8.30. The van der Waals surface area contributed by atoms with Crippen LogP contribution in [0.4, 0.5) is 0 Å². The molecule has 3 heteroatoms. The second-order valence-electron chi connectivity index (χ2n) is 5.42. The molecule has 0 bridgehead atoms. The molecule has 0 atom stereocenters. The van der Waals surface area contributed by atoms with Gasteiger partial charge in [-0.3, -0.25) is 0 Å². The van der Waals surface area contributed by atoms with Gasteiger partial charge in [0.05, 0.1) is 6.61 Å². The first-order valence-corrected chi connectivity index (χ1v) is 7.33. The van der Waals surface area contributed by atoms with E-state index in [2.05, 4.69) is 11.8 Å². The van der Waals surface area contributed by atoms with Gasteiger partial charge in [-0.25, -0.2) is 0 Å². The van der Waals surface area contributed by atoms with Crippen LogP contribution in [0.15, 0.2) is 0 Å². The second kappa shape index (κ2) is 8.90. The van der Waals surface area contributed by atoms with Crippen LogP contribution in [0.1, 0.15) is 45.4 Å². The van der Waals surface area contributed by atoms with Crippen molar-refractivity contribution in [3.8, 4) is 0 Å². The van der Waals surface area contributed by atoms with Crippen LogP contribution in [0, 0.1) is 11.8 Å². The summed E-state index contributed by atoms with van der Waals surface area (Å²) in [6, 6.07) is 0. The van der Waals surface area contributed by atoms with E-state index in [1.807, 2.05) is 0 Å². The molecule has 102 valence electrons. The van der Waals surface area contributed by atoms with E-state index in [9.17, 15) is 0 Å². The highest BCUT2D eigenvalue weighted by molar-refractivity contribution is 4.73. The number of hydrogen-bond acceptors (Lipinski definition) is 3. The molecule has 1 saturated carbocycles. The van der Waals surface area contributed by atoms with Crippen molar-refractivity contribution < 1.29 is 5.11 Å². The third kappa shape index (κ3) is 5.84. The number of aliphatic hydroxyl groups is 1. The van der Waals surface area contributed by atoms with E-state index in [0.29, 0.717) is 0 Å². The average molecular weight is 242 g/mol. The van der Waals surface area contributed by atoms with E-state index in [-0.39, 0.29) is 6.61 Å². The molecule has 0 spiro atoms. The zero-order chi connectivity index (χ0) is 12.5. The molecule has 0 aromatic rings. The molecule has 0 aliphatic heterocycles. The summed E-state index contributed by atoms with van der Waals surface area (Å²) in [5.74, 6) is 1.73. The fourth-order valence-corrected chi connectivity index (χ4v) is 2.93. The SMILES string of the molecule is CCN(CCO)CCCC1CCC(CN)CC1. The van der Waals surface area contributed by atoms with E-state index in [1.165, 1.54) is 38.5 Å². The second-order valence-corrected chi connectivity index (χ2v) is 5.42. The summed E-state index contributed by atoms with van der Waals surface area (Å²) in [7, 11) is 0. The van der Waals surface area contributed by atoms with Gasteiger partial charge >= 0.3 is 0 Å². The van der Waals surface area contributed by atoms with Crippen LogP contribution >= 0.6 is 0 Å². The number of aliphatic hydroxyl groups excluding tert-OH is 1. The Morgan fingerprint density at radius 3 is 2.29 bits per heavy atom. The summed E-state index contributed by atoms with van der Waals surface area (Å²) in [6.07, 6.45) is 8.09. The molecule has 1 rings (SSSR count). The maximum atomic E-state index is 8.92. The molecule has 3 nitrogen and oxygen atoms in total. The van der Waals surface area contributed by atoms with Crippen molar-refractivity contribution in [3.63, 3.8) is 0 Å². The van der Waals surface area contributed by atoms with Gasteiger partial charge in [0.1, 0.15) is 0 Å². The van der Waals surface area contributed by atoms with Crippen molar-refractivity contribution in [1.29, 1.82) is 0 Å². The van der Waals surface area contributed by atoms with Gasteiger partial charge in [0.15, 0.2) is 0 Å². The zero-order valence-corrected chi connectivity index (χ0v) is 11.4. The van der Waals surface area contributed by atoms with Gasteiger partial charge < -0.3 is 15.7 Å². The number of hydrogen-bond donors (Lipinski definition) is 2. The topological polar surface area (TPSA) is 49.5 Å². The van der Waals surface area contributed by atoms with E-state index in [0.717, 1.165) is 38.0 Å². The standard InChI is InChI=1S/C14H30N2O/c1-2-16(10-11-17)9-3-4-13-5-7-14(12-15)8-6-13/h13-14,17H,2-12,15H2,1H3. The lowest BCUT2D eigenvalue weighted by Gasteiger charge is -2.28. The molecule has 0 aromatic heterocycles. The number of rotatable bonds is 8. The van der Waals surface area contributed by atoms with Gasteiger partial charge in [-0.2, -0.15) is 0 Å². The molecule has 1 fully saturated rings. The minimum absolute atomic E-state index is 0.287. The highest BCUT2D eigenvalue weighted by Crippen LogP contribution is 2.30. The van der Waals surface area contributed by atoms with Gasteiger partial charge in [-0.05, 0) is 57.2 Å². The maximum absolute atomic E-state index is 8.92. The Balaban J connectivity index is 2.06. The highest BCUT2D eigenvalue weighted by Gasteiger charge is 2.19. The normalized spacial score (nSPS) is 25.4. The fraction of sp³-hybridized carbons (Fsp3) is 1.00. The largest absolute Gasteiger partial charge is 0.395 e. The lowest BCUT2D eigenvalue weighted by atomic mass is 9.80. The van der Waals surface area contributed by atoms with Crippen LogP contribution in [0.3, 0.4) is 0 Å². The van der Waals surface area contributed by atoms with Crippen molar-refractivity contribution in [1.82, 2.24) is 4.90 Å². The molecule has 0 unspecified atom stereocenters. The van der Waals surface area contributed by atoms with Crippen LogP contribution in [-0.4, -0.2) is 42.8 Å². The van der Waals surface area contributed by atoms with Crippen molar-refractivity contribution >= 4 is 0 Å². The third-order valence-electron chi connectivity index (χ3n) is 4.25. The van der Waals surface area contributed by atoms with Crippen molar-refractivity contribution in [2.75, 3.05) is 32.8 Å². The minimum atomic E-state index is 0.287. The molecule has 1 aliphatic carbocycles. The lowest BCUT2D eigenvalue weighted by Crippen LogP contribution is -2.28. The van der Waals surface area contributed by atoms with Crippen LogP contribution in [-0.2, 0) is 0 Å². The first-order valence-electron chi connectivity index (χ1n) is 7.33. The van der Waals surface area contributed by atoms with Crippen molar-refractivity contribution in [2.45, 2.75) is 45.4 Å². The Morgan fingerprint density at radius 1 is 1.12 bits per heavy atom. The average Bonchev–Trinajstić information content (AvgIpc) is 2.38. The molecule has 17 heavy (non-hydrogen) atoms. The monoisotopic (exact) mass is 242 g/mol. The third-order valence-corrected chi connectivity index (χ3v) is 4.25. The van der Waals surface area contributed by atoms with Crippen LogP contribution < -0.4 is 5.73 Å². The molecule has 0 amide bonds. The molecule has 0 saturated heterocycles. The van der Waals surface area contributed by atoms with E-state index < -0.39 is 0 Å². The summed E-state index contributed by atoms with van der Waals surface area (Å²) in [5.41, 5.74) is 5.71. The minimum Gasteiger partial charge on any atom is -0.395 e. The smallest absolute Gasteiger partial charge is 0.0558 e. The molecular weight excluding hydrogens is 212 g/mol. The number of nitrogens with zero attached hydrogens (tertiary/aromatic N) is 1. The predicted octanol–water partition coefficient (Wildman–Crippen LogP) is 1.85. The van der Waals surface area contributed by atoms with Crippen LogP contribution in [0.5, 0.6) is 0 Å². The maximum Gasteiger partial charge on any atom is 0.0558 e. The van der Waals surface area contributed by atoms with Gasteiger partial charge in [0.25, 0.3) is 0 Å². The summed E-state index contributed by atoms with van der Waals surface area (Å²) >= 11 is 0. The van der Waals surface area contributed by atoms with Crippen LogP contribution in [0.25, 0.3) is 0 Å².